The predicted octanol–water partition coefficient (Wildman–Crippen LogP) is 4.77. The van der Waals surface area contributed by atoms with Crippen LogP contribution in [0.25, 0.3) is 16.6 Å². The second-order valence-electron chi connectivity index (χ2n) is 8.09. The number of rotatable bonds is 9. The van der Waals surface area contributed by atoms with Crippen molar-refractivity contribution in [3.8, 4) is 17.2 Å². The lowest BCUT2D eigenvalue weighted by Gasteiger charge is -2.29. The Balaban J connectivity index is 1.74. The van der Waals surface area contributed by atoms with Gasteiger partial charge in [-0.05, 0) is 61.9 Å². The minimum atomic E-state index is -0.439. The van der Waals surface area contributed by atoms with Crippen LogP contribution in [0.3, 0.4) is 0 Å². The molecule has 0 fully saturated rings. The first kappa shape index (κ1) is 24.0. The molecule has 1 heterocycles. The van der Waals surface area contributed by atoms with E-state index in [1.165, 1.54) is 0 Å². The average Bonchev–Trinajstić information content (AvgIpc) is 2.89. The van der Waals surface area contributed by atoms with Gasteiger partial charge >= 0.3 is 0 Å². The van der Waals surface area contributed by atoms with Crippen molar-refractivity contribution in [1.82, 2.24) is 14.5 Å². The van der Waals surface area contributed by atoms with Crippen molar-refractivity contribution in [2.45, 2.75) is 26.3 Å². The molecular weight excluding hydrogens is 442 g/mol. The van der Waals surface area contributed by atoms with E-state index in [1.54, 1.807) is 34.7 Å². The van der Waals surface area contributed by atoms with Crippen LogP contribution in [0, 0.1) is 0 Å². The van der Waals surface area contributed by atoms with E-state index in [2.05, 4.69) is 0 Å². The van der Waals surface area contributed by atoms with Crippen molar-refractivity contribution in [2.24, 2.45) is 0 Å². The molecule has 1 aromatic heterocycles. The third kappa shape index (κ3) is 5.19. The normalized spacial score (nSPS) is 11.7. The number of carbonyl (C=O) groups is 1. The van der Waals surface area contributed by atoms with Gasteiger partial charge in [0, 0.05) is 7.05 Å². The number of hydrogen-bond acceptors (Lipinski definition) is 5. The standard InChI is InChI=1S/C28H29N3O4/c1-4-25(30(3)26(32)19-35-21-11-7-6-8-12-21)27-29-24-14-10-9-13-23(24)28(33)31(27)20-15-17-22(18-16-20)34-5-2/h6-18,25H,4-5,19H2,1-3H3. The molecule has 0 saturated heterocycles. The Morgan fingerprint density at radius 3 is 2.26 bits per heavy atom. The van der Waals surface area contributed by atoms with E-state index in [9.17, 15) is 9.59 Å². The van der Waals surface area contributed by atoms with Crippen LogP contribution in [0.4, 0.5) is 0 Å². The maximum atomic E-state index is 13.6. The number of amides is 1. The third-order valence-electron chi connectivity index (χ3n) is 5.86. The summed E-state index contributed by atoms with van der Waals surface area (Å²) in [6.45, 7) is 4.33. The molecule has 1 atom stereocenters. The molecule has 0 saturated carbocycles. The van der Waals surface area contributed by atoms with Crippen LogP contribution >= 0.6 is 0 Å². The average molecular weight is 472 g/mol. The Bertz CT molecular complexity index is 1350. The number of fused-ring (bicyclic) bond motifs is 1. The van der Waals surface area contributed by atoms with Gasteiger partial charge in [0.15, 0.2) is 6.61 Å². The zero-order valence-corrected chi connectivity index (χ0v) is 20.2. The van der Waals surface area contributed by atoms with E-state index in [4.69, 9.17) is 14.5 Å². The highest BCUT2D eigenvalue weighted by Crippen LogP contribution is 2.26. The summed E-state index contributed by atoms with van der Waals surface area (Å²) in [5.41, 5.74) is 1.07. The smallest absolute Gasteiger partial charge is 0.266 e. The summed E-state index contributed by atoms with van der Waals surface area (Å²) < 4.78 is 12.8. The van der Waals surface area contributed by atoms with Crippen LogP contribution < -0.4 is 15.0 Å². The van der Waals surface area contributed by atoms with Crippen LogP contribution in [0.15, 0.2) is 83.7 Å². The van der Waals surface area contributed by atoms with Gasteiger partial charge in [0.2, 0.25) is 0 Å². The molecule has 35 heavy (non-hydrogen) atoms. The molecule has 4 aromatic rings. The van der Waals surface area contributed by atoms with Gasteiger partial charge in [0.25, 0.3) is 11.5 Å². The molecule has 3 aromatic carbocycles. The summed E-state index contributed by atoms with van der Waals surface area (Å²) in [5.74, 6) is 1.63. The van der Waals surface area contributed by atoms with Crippen molar-refractivity contribution < 1.29 is 14.3 Å². The minimum Gasteiger partial charge on any atom is -0.494 e. The maximum absolute atomic E-state index is 13.6. The fraction of sp³-hybridized carbons (Fsp3) is 0.250. The second-order valence-corrected chi connectivity index (χ2v) is 8.09. The quantitative estimate of drug-likeness (QED) is 0.352. The van der Waals surface area contributed by atoms with Crippen molar-refractivity contribution in [3.05, 3.63) is 95.0 Å². The van der Waals surface area contributed by atoms with Gasteiger partial charge < -0.3 is 14.4 Å². The molecule has 0 aliphatic heterocycles. The Labute approximate surface area is 204 Å². The SMILES string of the molecule is CCOc1ccc(-n2c(C(CC)N(C)C(=O)COc3ccccc3)nc3ccccc3c2=O)cc1. The van der Waals surface area contributed by atoms with Gasteiger partial charge in [-0.2, -0.15) is 0 Å². The minimum absolute atomic E-state index is 0.113. The summed E-state index contributed by atoms with van der Waals surface area (Å²) in [6.07, 6.45) is 0.565. The van der Waals surface area contributed by atoms with Gasteiger partial charge in [0.1, 0.15) is 17.3 Å². The lowest BCUT2D eigenvalue weighted by atomic mass is 10.1. The van der Waals surface area contributed by atoms with Crippen LogP contribution in [0.1, 0.15) is 32.1 Å². The van der Waals surface area contributed by atoms with Gasteiger partial charge in [-0.15, -0.1) is 0 Å². The Kier molecular flexibility index (Phi) is 7.45. The molecule has 0 aliphatic rings. The molecule has 0 N–H and O–H groups in total. The number of carbonyl (C=O) groups excluding carboxylic acids is 1. The molecule has 0 bridgehead atoms. The highest BCUT2D eigenvalue weighted by atomic mass is 16.5. The van der Waals surface area contributed by atoms with Crippen LogP contribution in [-0.4, -0.2) is 40.6 Å². The van der Waals surface area contributed by atoms with Crippen molar-refractivity contribution in [2.75, 3.05) is 20.3 Å². The molecule has 1 unspecified atom stereocenters. The van der Waals surface area contributed by atoms with E-state index in [-0.39, 0.29) is 18.1 Å². The lowest BCUT2D eigenvalue weighted by Crippen LogP contribution is -2.38. The topological polar surface area (TPSA) is 73.7 Å². The summed E-state index contributed by atoms with van der Waals surface area (Å²) >= 11 is 0. The Hall–Kier alpha value is -4.13. The zero-order chi connectivity index (χ0) is 24.8. The number of hydrogen-bond donors (Lipinski definition) is 0. The van der Waals surface area contributed by atoms with Crippen molar-refractivity contribution in [3.63, 3.8) is 0 Å². The fourth-order valence-corrected chi connectivity index (χ4v) is 4.05. The monoisotopic (exact) mass is 471 g/mol. The highest BCUT2D eigenvalue weighted by Gasteiger charge is 2.26. The molecule has 1 amide bonds. The number of para-hydroxylation sites is 2. The van der Waals surface area contributed by atoms with E-state index < -0.39 is 6.04 Å². The number of likely N-dealkylation sites (N-methyl/N-ethyl adjacent to an activating group) is 1. The molecule has 7 heteroatoms. The highest BCUT2D eigenvalue weighted by molar-refractivity contribution is 5.79. The number of ether oxygens (including phenoxy) is 2. The number of benzene rings is 3. The maximum Gasteiger partial charge on any atom is 0.266 e. The first-order valence-corrected chi connectivity index (χ1v) is 11.7. The van der Waals surface area contributed by atoms with Crippen LogP contribution in [0.5, 0.6) is 11.5 Å². The van der Waals surface area contributed by atoms with Crippen molar-refractivity contribution in [1.29, 1.82) is 0 Å². The van der Waals surface area contributed by atoms with E-state index in [1.807, 2.05) is 74.5 Å². The molecule has 0 spiro atoms. The molecule has 0 radical (unpaired) electrons. The van der Waals surface area contributed by atoms with Gasteiger partial charge in [-0.25, -0.2) is 4.98 Å². The molecule has 4 rings (SSSR count). The molecule has 0 aliphatic carbocycles. The van der Waals surface area contributed by atoms with E-state index in [0.717, 1.165) is 5.75 Å². The lowest BCUT2D eigenvalue weighted by molar-refractivity contribution is -0.134. The number of aromatic nitrogens is 2. The van der Waals surface area contributed by atoms with Crippen molar-refractivity contribution >= 4 is 16.8 Å². The van der Waals surface area contributed by atoms with E-state index >= 15 is 0 Å². The zero-order valence-electron chi connectivity index (χ0n) is 20.2. The summed E-state index contributed by atoms with van der Waals surface area (Å²) in [4.78, 5) is 33.2. The van der Waals surface area contributed by atoms with Crippen LogP contribution in [0.2, 0.25) is 0 Å². The van der Waals surface area contributed by atoms with Gasteiger partial charge in [-0.3, -0.25) is 14.2 Å². The third-order valence-corrected chi connectivity index (χ3v) is 5.86. The summed E-state index contributed by atoms with van der Waals surface area (Å²) in [6, 6.07) is 23.3. The second kappa shape index (κ2) is 10.9. The van der Waals surface area contributed by atoms with Crippen LogP contribution in [-0.2, 0) is 4.79 Å². The molecule has 180 valence electrons. The van der Waals surface area contributed by atoms with E-state index in [0.29, 0.717) is 41.2 Å². The summed E-state index contributed by atoms with van der Waals surface area (Å²) in [7, 11) is 1.72. The largest absolute Gasteiger partial charge is 0.494 e. The number of nitrogens with zero attached hydrogens (tertiary/aromatic N) is 3. The van der Waals surface area contributed by atoms with Gasteiger partial charge in [0.05, 0.1) is 29.2 Å². The molecule has 7 nitrogen and oxygen atoms in total. The van der Waals surface area contributed by atoms with Gasteiger partial charge in [-0.1, -0.05) is 37.3 Å². The molecular formula is C28H29N3O4. The Morgan fingerprint density at radius 1 is 0.914 bits per heavy atom. The Morgan fingerprint density at radius 2 is 1.57 bits per heavy atom. The first-order chi connectivity index (χ1) is 17.0. The predicted molar refractivity (Wildman–Crippen MR) is 136 cm³/mol. The summed E-state index contributed by atoms with van der Waals surface area (Å²) in [5, 5.41) is 0.515. The fourth-order valence-electron chi connectivity index (χ4n) is 4.05. The first-order valence-electron chi connectivity index (χ1n) is 11.7.